The fourth-order valence-electron chi connectivity index (χ4n) is 3.56. The lowest BCUT2D eigenvalue weighted by molar-refractivity contribution is -0.140. The number of aliphatic hydroxyl groups is 1. The number of amides is 2. The number of carbonyl (C=O) groups excluding carboxylic acids is 2. The van der Waals surface area contributed by atoms with Crippen LogP contribution in [-0.4, -0.2) is 62.6 Å². The molecule has 32 heavy (non-hydrogen) atoms. The molecule has 4 rings (SSSR count). The van der Waals surface area contributed by atoms with Crippen LogP contribution in [0.15, 0.2) is 48.5 Å². The Kier molecular flexibility index (Phi) is 5.81. The number of aromatic amines is 1. The number of benzene rings is 2. The van der Waals surface area contributed by atoms with E-state index < -0.39 is 30.6 Å². The molecule has 1 heterocycles. The summed E-state index contributed by atoms with van der Waals surface area (Å²) < 4.78 is 5.37. The first-order valence-corrected chi connectivity index (χ1v) is 9.67. The largest absolute Gasteiger partial charge is 0.480 e. The maximum atomic E-state index is 12.2. The second-order valence-electron chi connectivity index (χ2n) is 7.01. The van der Waals surface area contributed by atoms with Crippen molar-refractivity contribution in [3.8, 4) is 11.1 Å². The van der Waals surface area contributed by atoms with Crippen LogP contribution in [0, 0.1) is 0 Å². The fraction of sp³-hybridized carbons (Fsp3) is 0.190. The number of carboxylic acids is 1. The Balaban J connectivity index is 1.37. The van der Waals surface area contributed by atoms with Gasteiger partial charge in [0.1, 0.15) is 6.61 Å². The minimum atomic E-state index is -1.49. The van der Waals surface area contributed by atoms with E-state index in [1.54, 1.807) is 0 Å². The number of nitrogens with zero attached hydrogens (tertiary/aromatic N) is 2. The molecular weight excluding hydrogens is 418 g/mol. The molecule has 0 saturated carbocycles. The highest BCUT2D eigenvalue weighted by Crippen LogP contribution is 2.44. The van der Waals surface area contributed by atoms with Gasteiger partial charge in [0.05, 0.1) is 6.61 Å². The Bertz CT molecular complexity index is 1130. The molecular formula is C21H19N5O6. The number of H-pyrrole nitrogens is 1. The van der Waals surface area contributed by atoms with Crippen molar-refractivity contribution in [3.63, 3.8) is 0 Å². The van der Waals surface area contributed by atoms with E-state index in [9.17, 15) is 14.4 Å². The molecule has 164 valence electrons. The second kappa shape index (κ2) is 8.86. The molecule has 5 N–H and O–H groups in total. The number of rotatable bonds is 7. The number of aliphatic hydroxyl groups excluding tert-OH is 1. The molecule has 11 nitrogen and oxygen atoms in total. The van der Waals surface area contributed by atoms with Gasteiger partial charge < -0.3 is 20.3 Å². The predicted octanol–water partition coefficient (Wildman–Crippen LogP) is 1.34. The molecule has 0 saturated heterocycles. The van der Waals surface area contributed by atoms with E-state index in [2.05, 4.69) is 25.8 Å². The number of carbonyl (C=O) groups is 3. The van der Waals surface area contributed by atoms with Gasteiger partial charge in [-0.05, 0) is 22.3 Å². The van der Waals surface area contributed by atoms with Gasteiger partial charge in [0, 0.05) is 5.92 Å². The fourth-order valence-corrected chi connectivity index (χ4v) is 3.56. The van der Waals surface area contributed by atoms with Crippen molar-refractivity contribution in [3.05, 3.63) is 65.5 Å². The summed E-state index contributed by atoms with van der Waals surface area (Å²) in [5, 5.41) is 28.2. The zero-order chi connectivity index (χ0) is 22.7. The summed E-state index contributed by atoms with van der Waals surface area (Å²) in [6.45, 7) is -0.700. The Morgan fingerprint density at radius 1 is 1.06 bits per heavy atom. The van der Waals surface area contributed by atoms with E-state index in [0.29, 0.717) is 0 Å². The Morgan fingerprint density at radius 2 is 1.69 bits per heavy atom. The number of nitrogens with one attached hydrogen (secondary N) is 3. The first-order valence-electron chi connectivity index (χ1n) is 9.67. The van der Waals surface area contributed by atoms with Gasteiger partial charge in [-0.3, -0.25) is 15.2 Å². The van der Waals surface area contributed by atoms with Gasteiger partial charge in [-0.1, -0.05) is 48.5 Å². The first kappa shape index (κ1) is 21.0. The van der Waals surface area contributed by atoms with Gasteiger partial charge in [-0.15, -0.1) is 5.10 Å². The number of hydrogen-bond acceptors (Lipinski definition) is 7. The van der Waals surface area contributed by atoms with Crippen LogP contribution in [0.25, 0.3) is 11.1 Å². The third-order valence-electron chi connectivity index (χ3n) is 5.04. The second-order valence-corrected chi connectivity index (χ2v) is 7.01. The first-order chi connectivity index (χ1) is 15.5. The number of carboxylic acid groups (broad SMARTS) is 1. The third-order valence-corrected chi connectivity index (χ3v) is 5.04. The molecule has 0 radical (unpaired) electrons. The van der Waals surface area contributed by atoms with E-state index in [1.165, 1.54) is 0 Å². The number of hydrogen-bond donors (Lipinski definition) is 5. The molecule has 3 aromatic rings. The van der Waals surface area contributed by atoms with Gasteiger partial charge in [-0.2, -0.15) is 4.98 Å². The quantitative estimate of drug-likeness (QED) is 0.369. The van der Waals surface area contributed by atoms with Crippen LogP contribution < -0.4 is 10.6 Å². The van der Waals surface area contributed by atoms with Crippen LogP contribution in [0.2, 0.25) is 0 Å². The average Bonchev–Trinajstić information content (AvgIpc) is 3.38. The molecule has 0 unspecified atom stereocenters. The molecule has 0 aliphatic heterocycles. The summed E-state index contributed by atoms with van der Waals surface area (Å²) in [7, 11) is 0. The minimum Gasteiger partial charge on any atom is -0.480 e. The van der Waals surface area contributed by atoms with Crippen LogP contribution in [0.3, 0.4) is 0 Å². The van der Waals surface area contributed by atoms with E-state index in [4.69, 9.17) is 14.9 Å². The maximum Gasteiger partial charge on any atom is 0.414 e. The predicted molar refractivity (Wildman–Crippen MR) is 111 cm³/mol. The number of anilines is 1. The highest BCUT2D eigenvalue weighted by atomic mass is 16.5. The summed E-state index contributed by atoms with van der Waals surface area (Å²) in [4.78, 5) is 38.9. The van der Waals surface area contributed by atoms with Gasteiger partial charge >= 0.3 is 12.1 Å². The number of ether oxygens (including phenoxy) is 1. The molecule has 11 heteroatoms. The summed E-state index contributed by atoms with van der Waals surface area (Å²) in [5.41, 5.74) is 4.33. The lowest BCUT2D eigenvalue weighted by Crippen LogP contribution is -2.43. The van der Waals surface area contributed by atoms with Crippen LogP contribution in [-0.2, 0) is 9.53 Å². The molecule has 0 spiro atoms. The SMILES string of the molecule is O=C(Nc1n[nH]c(C(=O)N[C@@H](CO)C(=O)O)n1)OCC1c2ccccc2-c2ccccc21. The van der Waals surface area contributed by atoms with Crippen LogP contribution in [0.1, 0.15) is 27.7 Å². The Hall–Kier alpha value is -4.25. The van der Waals surface area contributed by atoms with E-state index in [1.807, 2.05) is 48.5 Å². The van der Waals surface area contributed by atoms with Crippen molar-refractivity contribution in [1.82, 2.24) is 20.5 Å². The molecule has 2 aromatic carbocycles. The van der Waals surface area contributed by atoms with E-state index in [-0.39, 0.29) is 24.3 Å². The smallest absolute Gasteiger partial charge is 0.414 e. The highest BCUT2D eigenvalue weighted by Gasteiger charge is 2.29. The van der Waals surface area contributed by atoms with Crippen LogP contribution in [0.4, 0.5) is 10.7 Å². The topological polar surface area (TPSA) is 167 Å². The molecule has 1 aliphatic carbocycles. The summed E-state index contributed by atoms with van der Waals surface area (Å²) in [6, 6.07) is 14.3. The molecule has 1 aliphatic rings. The minimum absolute atomic E-state index is 0.0917. The Morgan fingerprint density at radius 3 is 2.28 bits per heavy atom. The molecule has 1 aromatic heterocycles. The van der Waals surface area contributed by atoms with Gasteiger partial charge in [0.2, 0.25) is 5.82 Å². The molecule has 2 amide bonds. The van der Waals surface area contributed by atoms with E-state index >= 15 is 0 Å². The van der Waals surface area contributed by atoms with Crippen molar-refractivity contribution in [2.75, 3.05) is 18.5 Å². The van der Waals surface area contributed by atoms with Crippen molar-refractivity contribution in [2.24, 2.45) is 0 Å². The number of fused-ring (bicyclic) bond motifs is 3. The van der Waals surface area contributed by atoms with Crippen molar-refractivity contribution in [2.45, 2.75) is 12.0 Å². The van der Waals surface area contributed by atoms with Crippen molar-refractivity contribution >= 4 is 23.9 Å². The zero-order valence-electron chi connectivity index (χ0n) is 16.6. The zero-order valence-corrected chi connectivity index (χ0v) is 16.6. The van der Waals surface area contributed by atoms with Gasteiger partial charge in [-0.25, -0.2) is 9.59 Å². The highest BCUT2D eigenvalue weighted by molar-refractivity contribution is 5.94. The number of aromatic nitrogens is 3. The van der Waals surface area contributed by atoms with Crippen LogP contribution >= 0.6 is 0 Å². The lowest BCUT2D eigenvalue weighted by Gasteiger charge is -2.13. The summed E-state index contributed by atoms with van der Waals surface area (Å²) in [6.07, 6.45) is -0.809. The lowest BCUT2D eigenvalue weighted by atomic mass is 9.98. The maximum absolute atomic E-state index is 12.2. The van der Waals surface area contributed by atoms with E-state index in [0.717, 1.165) is 22.3 Å². The normalized spacial score (nSPS) is 13.0. The average molecular weight is 437 g/mol. The van der Waals surface area contributed by atoms with Crippen LogP contribution in [0.5, 0.6) is 0 Å². The standard InChI is InChI=1S/C21H19N5O6/c27-9-16(19(29)30)22-18(28)17-23-20(26-25-17)24-21(31)32-10-15-13-7-3-1-5-11(13)12-6-2-4-8-14(12)15/h1-8,15-16,27H,9-10H2,(H,22,28)(H,29,30)(H2,23,24,25,26,31)/t16-/m0/s1. The number of aliphatic carboxylic acids is 1. The van der Waals surface area contributed by atoms with Gasteiger partial charge in [0.15, 0.2) is 6.04 Å². The van der Waals surface area contributed by atoms with Crippen molar-refractivity contribution in [1.29, 1.82) is 0 Å². The Labute approximate surface area is 181 Å². The molecule has 0 bridgehead atoms. The molecule has 1 atom stereocenters. The van der Waals surface area contributed by atoms with Crippen molar-refractivity contribution < 1.29 is 29.3 Å². The monoisotopic (exact) mass is 437 g/mol. The molecule has 0 fully saturated rings. The summed E-state index contributed by atoms with van der Waals surface area (Å²) >= 11 is 0. The van der Waals surface area contributed by atoms with Gasteiger partial charge in [0.25, 0.3) is 11.9 Å². The summed E-state index contributed by atoms with van der Waals surface area (Å²) in [5.74, 6) is -2.98. The third kappa shape index (κ3) is 4.14.